The van der Waals surface area contributed by atoms with Gasteiger partial charge in [0, 0.05) is 13.5 Å². The van der Waals surface area contributed by atoms with E-state index in [1.54, 1.807) is 18.2 Å². The first-order valence-corrected chi connectivity index (χ1v) is 7.33. The molecule has 1 amide bonds. The van der Waals surface area contributed by atoms with E-state index in [1.807, 2.05) is 24.3 Å². The molecule has 0 spiro atoms. The summed E-state index contributed by atoms with van der Waals surface area (Å²) < 4.78 is 19.1. The summed E-state index contributed by atoms with van der Waals surface area (Å²) in [6.45, 7) is 4.28. The van der Waals surface area contributed by atoms with Gasteiger partial charge >= 0.3 is 0 Å². The Hall–Kier alpha value is -2.36. The van der Waals surface area contributed by atoms with Crippen molar-refractivity contribution in [1.82, 2.24) is 5.32 Å². The quantitative estimate of drug-likeness (QED) is 0.866. The van der Waals surface area contributed by atoms with Crippen molar-refractivity contribution < 1.29 is 13.9 Å². The first-order chi connectivity index (χ1) is 10.6. The second-order valence-corrected chi connectivity index (χ2v) is 5.27. The average molecular weight is 301 g/mol. The van der Waals surface area contributed by atoms with Gasteiger partial charge < -0.3 is 10.1 Å². The number of hydrogen-bond acceptors (Lipinski definition) is 2. The molecule has 1 N–H and O–H groups in total. The maximum atomic E-state index is 13.5. The van der Waals surface area contributed by atoms with E-state index in [-0.39, 0.29) is 17.5 Å². The van der Waals surface area contributed by atoms with Gasteiger partial charge in [-0.25, -0.2) is 4.39 Å². The minimum absolute atomic E-state index is 0.0131. The van der Waals surface area contributed by atoms with E-state index in [4.69, 9.17) is 4.74 Å². The second-order valence-electron chi connectivity index (χ2n) is 5.27. The molecule has 0 aliphatic carbocycles. The number of benzene rings is 2. The number of hydrogen-bond donors (Lipinski definition) is 1. The summed E-state index contributed by atoms with van der Waals surface area (Å²) in [5.74, 6) is 0.752. The summed E-state index contributed by atoms with van der Waals surface area (Å²) in [6.07, 6.45) is 0.868. The lowest BCUT2D eigenvalue weighted by molar-refractivity contribution is -0.118. The van der Waals surface area contributed by atoms with Crippen molar-refractivity contribution in [2.45, 2.75) is 26.2 Å². The van der Waals surface area contributed by atoms with Crippen LogP contribution in [0.25, 0.3) is 0 Å². The predicted octanol–water partition coefficient (Wildman–Crippen LogP) is 4.25. The van der Waals surface area contributed by atoms with E-state index in [1.165, 1.54) is 13.0 Å². The third-order valence-electron chi connectivity index (χ3n) is 3.46. The standard InChI is InChI=1S/C18H20FNO2/c1-13(11-12-20-14(2)21)15-7-9-16(10-8-15)22-18-6-4-3-5-17(18)19/h3-10,13H,11-12H2,1-2H3,(H,20,21). The van der Waals surface area contributed by atoms with Gasteiger partial charge in [0.15, 0.2) is 11.6 Å². The Morgan fingerprint density at radius 2 is 1.86 bits per heavy atom. The van der Waals surface area contributed by atoms with Crippen LogP contribution >= 0.6 is 0 Å². The van der Waals surface area contributed by atoms with Crippen LogP contribution in [-0.4, -0.2) is 12.5 Å². The molecule has 0 saturated heterocycles. The zero-order chi connectivity index (χ0) is 15.9. The van der Waals surface area contributed by atoms with E-state index in [0.29, 0.717) is 18.2 Å². The van der Waals surface area contributed by atoms with Gasteiger partial charge in [0.1, 0.15) is 5.75 Å². The Labute approximate surface area is 130 Å². The van der Waals surface area contributed by atoms with Crippen LogP contribution in [0.15, 0.2) is 48.5 Å². The van der Waals surface area contributed by atoms with Crippen molar-refractivity contribution in [3.05, 3.63) is 59.9 Å². The molecule has 0 fully saturated rings. The van der Waals surface area contributed by atoms with Crippen LogP contribution in [-0.2, 0) is 4.79 Å². The smallest absolute Gasteiger partial charge is 0.216 e. The van der Waals surface area contributed by atoms with Gasteiger partial charge in [0.05, 0.1) is 0 Å². The van der Waals surface area contributed by atoms with E-state index >= 15 is 0 Å². The normalized spacial score (nSPS) is 11.8. The lowest BCUT2D eigenvalue weighted by Crippen LogP contribution is -2.22. The van der Waals surface area contributed by atoms with Gasteiger partial charge in [0.25, 0.3) is 0 Å². The largest absolute Gasteiger partial charge is 0.454 e. The molecule has 0 bridgehead atoms. The molecule has 0 saturated carbocycles. The third-order valence-corrected chi connectivity index (χ3v) is 3.46. The Bertz CT molecular complexity index is 625. The first kappa shape index (κ1) is 16.0. The monoisotopic (exact) mass is 301 g/mol. The van der Waals surface area contributed by atoms with Crippen LogP contribution in [0.3, 0.4) is 0 Å². The molecule has 1 unspecified atom stereocenters. The lowest BCUT2D eigenvalue weighted by Gasteiger charge is -2.13. The van der Waals surface area contributed by atoms with Crippen LogP contribution < -0.4 is 10.1 Å². The third kappa shape index (κ3) is 4.58. The zero-order valence-corrected chi connectivity index (χ0v) is 12.8. The Kier molecular flexibility index (Phi) is 5.53. The second kappa shape index (κ2) is 7.59. The zero-order valence-electron chi connectivity index (χ0n) is 12.8. The van der Waals surface area contributed by atoms with Gasteiger partial charge in [-0.05, 0) is 42.2 Å². The number of ether oxygens (including phenoxy) is 1. The van der Waals surface area contributed by atoms with Crippen LogP contribution in [0, 0.1) is 5.82 Å². The Balaban J connectivity index is 1.95. The fraction of sp³-hybridized carbons (Fsp3) is 0.278. The highest BCUT2D eigenvalue weighted by atomic mass is 19.1. The summed E-state index contributed by atoms with van der Waals surface area (Å²) in [4.78, 5) is 10.8. The lowest BCUT2D eigenvalue weighted by atomic mass is 9.98. The molecule has 4 heteroatoms. The van der Waals surface area contributed by atoms with Gasteiger partial charge in [-0.3, -0.25) is 4.79 Å². The van der Waals surface area contributed by atoms with Crippen molar-refractivity contribution >= 4 is 5.91 Å². The average Bonchev–Trinajstić information content (AvgIpc) is 2.50. The SMILES string of the molecule is CC(=O)NCCC(C)c1ccc(Oc2ccccc2F)cc1. The van der Waals surface area contributed by atoms with Crippen molar-refractivity contribution in [1.29, 1.82) is 0 Å². The maximum absolute atomic E-state index is 13.5. The van der Waals surface area contributed by atoms with Gasteiger partial charge in [-0.1, -0.05) is 31.2 Å². The molecule has 3 nitrogen and oxygen atoms in total. The van der Waals surface area contributed by atoms with Crippen LogP contribution in [0.5, 0.6) is 11.5 Å². The predicted molar refractivity (Wildman–Crippen MR) is 84.6 cm³/mol. The maximum Gasteiger partial charge on any atom is 0.216 e. The number of nitrogens with one attached hydrogen (secondary N) is 1. The van der Waals surface area contributed by atoms with Crippen molar-refractivity contribution in [2.24, 2.45) is 0 Å². The molecule has 0 heterocycles. The fourth-order valence-electron chi connectivity index (χ4n) is 2.15. The van der Waals surface area contributed by atoms with Gasteiger partial charge in [-0.15, -0.1) is 0 Å². The fourth-order valence-corrected chi connectivity index (χ4v) is 2.15. The van der Waals surface area contributed by atoms with Crippen LogP contribution in [0.1, 0.15) is 31.7 Å². The molecular formula is C18H20FNO2. The minimum Gasteiger partial charge on any atom is -0.454 e. The molecule has 22 heavy (non-hydrogen) atoms. The molecule has 0 aliphatic rings. The summed E-state index contributed by atoms with van der Waals surface area (Å²) in [5, 5.41) is 2.79. The summed E-state index contributed by atoms with van der Waals surface area (Å²) in [7, 11) is 0. The first-order valence-electron chi connectivity index (χ1n) is 7.33. The number of para-hydroxylation sites is 1. The van der Waals surface area contributed by atoms with E-state index in [2.05, 4.69) is 12.2 Å². The Morgan fingerprint density at radius 3 is 2.50 bits per heavy atom. The van der Waals surface area contributed by atoms with Gasteiger partial charge in [0.2, 0.25) is 5.91 Å². The van der Waals surface area contributed by atoms with Crippen molar-refractivity contribution in [3.8, 4) is 11.5 Å². The minimum atomic E-state index is -0.379. The molecular weight excluding hydrogens is 281 g/mol. The Morgan fingerprint density at radius 1 is 1.18 bits per heavy atom. The number of amides is 1. The highest BCUT2D eigenvalue weighted by Crippen LogP contribution is 2.26. The van der Waals surface area contributed by atoms with Crippen molar-refractivity contribution in [2.75, 3.05) is 6.54 Å². The summed E-state index contributed by atoms with van der Waals surface area (Å²) in [6, 6.07) is 13.9. The molecule has 2 rings (SSSR count). The molecule has 116 valence electrons. The highest BCUT2D eigenvalue weighted by Gasteiger charge is 2.07. The van der Waals surface area contributed by atoms with E-state index in [9.17, 15) is 9.18 Å². The molecule has 2 aromatic rings. The molecule has 1 atom stereocenters. The number of carbonyl (C=O) groups excluding carboxylic acids is 1. The molecule has 0 aliphatic heterocycles. The van der Waals surface area contributed by atoms with Crippen LogP contribution in [0.4, 0.5) is 4.39 Å². The topological polar surface area (TPSA) is 38.3 Å². The number of rotatable bonds is 6. The van der Waals surface area contributed by atoms with E-state index < -0.39 is 0 Å². The van der Waals surface area contributed by atoms with Crippen LogP contribution in [0.2, 0.25) is 0 Å². The molecule has 0 aromatic heterocycles. The molecule has 2 aromatic carbocycles. The highest BCUT2D eigenvalue weighted by molar-refractivity contribution is 5.72. The summed E-state index contributed by atoms with van der Waals surface area (Å²) in [5.41, 5.74) is 1.16. The van der Waals surface area contributed by atoms with Crippen molar-refractivity contribution in [3.63, 3.8) is 0 Å². The summed E-state index contributed by atoms with van der Waals surface area (Å²) >= 11 is 0. The molecule has 0 radical (unpaired) electrons. The van der Waals surface area contributed by atoms with E-state index in [0.717, 1.165) is 12.0 Å². The number of halogens is 1. The number of carbonyl (C=O) groups is 1. The van der Waals surface area contributed by atoms with Gasteiger partial charge in [-0.2, -0.15) is 0 Å².